The van der Waals surface area contributed by atoms with Gasteiger partial charge >= 0.3 is 0 Å². The summed E-state index contributed by atoms with van der Waals surface area (Å²) in [5.74, 6) is -0.0237. The smallest absolute Gasteiger partial charge is 0.159 e. The van der Waals surface area contributed by atoms with E-state index in [2.05, 4.69) is 34.6 Å². The van der Waals surface area contributed by atoms with E-state index >= 15 is 0 Å². The second-order valence-electron chi connectivity index (χ2n) is 5.76. The lowest BCUT2D eigenvalue weighted by molar-refractivity contribution is 0.234. The van der Waals surface area contributed by atoms with Crippen molar-refractivity contribution in [1.82, 2.24) is 10.5 Å². The summed E-state index contributed by atoms with van der Waals surface area (Å²) >= 11 is 1.40. The molecule has 0 aliphatic carbocycles. The number of fused-ring (bicyclic) bond motifs is 1. The average Bonchev–Trinajstić information content (AvgIpc) is 3.14. The lowest BCUT2D eigenvalue weighted by Gasteiger charge is -2.08. The van der Waals surface area contributed by atoms with Gasteiger partial charge in [-0.15, -0.1) is 11.3 Å². The summed E-state index contributed by atoms with van der Waals surface area (Å²) in [4.78, 5) is 4.92. The van der Waals surface area contributed by atoms with Gasteiger partial charge < -0.3 is 5.32 Å². The van der Waals surface area contributed by atoms with Gasteiger partial charge in [-0.05, 0) is 29.3 Å². The molecule has 26 heavy (non-hydrogen) atoms. The zero-order valence-electron chi connectivity index (χ0n) is 13.7. The van der Waals surface area contributed by atoms with Crippen molar-refractivity contribution in [3.8, 4) is 11.1 Å². The molecule has 0 saturated carbocycles. The topological polar surface area (TPSA) is 81.0 Å². The third-order valence-corrected chi connectivity index (χ3v) is 5.16. The Hall–Kier alpha value is -3.22. The molecule has 5 nitrogen and oxygen atoms in total. The van der Waals surface area contributed by atoms with Crippen molar-refractivity contribution in [3.05, 3.63) is 77.9 Å². The maximum absolute atomic E-state index is 8.94. The number of nitrogens with one attached hydrogen (secondary N) is 3. The Morgan fingerprint density at radius 3 is 2.42 bits per heavy atom. The highest BCUT2D eigenvalue weighted by molar-refractivity contribution is 7.20. The number of hydroxylamine groups is 1. The van der Waals surface area contributed by atoms with Crippen molar-refractivity contribution in [1.29, 1.82) is 5.41 Å². The van der Waals surface area contributed by atoms with Gasteiger partial charge in [-0.2, -0.15) is 0 Å². The summed E-state index contributed by atoms with van der Waals surface area (Å²) in [6.07, 6.45) is 3.53. The molecule has 0 spiro atoms. The van der Waals surface area contributed by atoms with E-state index in [9.17, 15) is 0 Å². The minimum Gasteiger partial charge on any atom is -0.354 e. The monoisotopic (exact) mass is 360 g/mol. The predicted molar refractivity (Wildman–Crippen MR) is 107 cm³/mol. The summed E-state index contributed by atoms with van der Waals surface area (Å²) in [5, 5.41) is 21.0. The van der Waals surface area contributed by atoms with Crippen LogP contribution in [0.3, 0.4) is 0 Å². The number of hydrogen-bond acceptors (Lipinski definition) is 5. The standard InChI is InChI=1S/C20H16N4OS/c21-20(24-25)18-10-16-17(11-22-12-19(16)26-18)23-15-8-6-14(7-9-15)13-4-2-1-3-5-13/h1-12,23,25H,(H2,21,24). The van der Waals surface area contributed by atoms with Crippen molar-refractivity contribution >= 4 is 38.6 Å². The number of nitrogens with zero attached hydrogens (tertiary/aromatic N) is 1. The van der Waals surface area contributed by atoms with Crippen LogP contribution in [0.5, 0.6) is 0 Å². The largest absolute Gasteiger partial charge is 0.354 e. The first-order chi connectivity index (χ1) is 12.7. The van der Waals surface area contributed by atoms with Crippen LogP contribution >= 0.6 is 11.3 Å². The average molecular weight is 360 g/mol. The lowest BCUT2D eigenvalue weighted by atomic mass is 10.1. The van der Waals surface area contributed by atoms with Crippen LogP contribution < -0.4 is 10.8 Å². The Labute approximate surface area is 154 Å². The molecule has 0 bridgehead atoms. The minimum absolute atomic E-state index is 0.0237. The van der Waals surface area contributed by atoms with E-state index < -0.39 is 0 Å². The van der Waals surface area contributed by atoms with Crippen molar-refractivity contribution in [2.24, 2.45) is 0 Å². The normalized spacial score (nSPS) is 10.7. The Bertz CT molecular complexity index is 1060. The summed E-state index contributed by atoms with van der Waals surface area (Å²) in [6.45, 7) is 0. The first kappa shape index (κ1) is 16.3. The molecule has 6 heteroatoms. The van der Waals surface area contributed by atoms with Gasteiger partial charge in [0.1, 0.15) is 0 Å². The summed E-state index contributed by atoms with van der Waals surface area (Å²) in [5.41, 5.74) is 6.05. The molecule has 4 rings (SSSR count). The molecule has 0 radical (unpaired) electrons. The fraction of sp³-hybridized carbons (Fsp3) is 0. The second kappa shape index (κ2) is 6.95. The number of thiophene rings is 1. The fourth-order valence-electron chi connectivity index (χ4n) is 2.77. The highest BCUT2D eigenvalue weighted by Crippen LogP contribution is 2.32. The van der Waals surface area contributed by atoms with Crippen molar-refractivity contribution in [2.75, 3.05) is 5.32 Å². The lowest BCUT2D eigenvalue weighted by Crippen LogP contribution is -2.16. The van der Waals surface area contributed by atoms with E-state index in [1.807, 2.05) is 41.9 Å². The number of anilines is 2. The van der Waals surface area contributed by atoms with Crippen LogP contribution in [-0.4, -0.2) is 16.0 Å². The molecule has 0 amide bonds. The molecule has 0 aliphatic rings. The van der Waals surface area contributed by atoms with Crippen LogP contribution in [0.4, 0.5) is 11.4 Å². The van der Waals surface area contributed by atoms with Gasteiger partial charge in [-0.3, -0.25) is 21.1 Å². The van der Waals surface area contributed by atoms with Crippen LogP contribution in [-0.2, 0) is 0 Å². The van der Waals surface area contributed by atoms with E-state index in [4.69, 9.17) is 10.6 Å². The quantitative estimate of drug-likeness (QED) is 0.234. The summed E-state index contributed by atoms with van der Waals surface area (Å²) in [7, 11) is 0. The van der Waals surface area contributed by atoms with Gasteiger partial charge in [0.25, 0.3) is 0 Å². The number of benzene rings is 2. The molecule has 2 aromatic heterocycles. The maximum atomic E-state index is 8.94. The summed E-state index contributed by atoms with van der Waals surface area (Å²) < 4.78 is 0.950. The van der Waals surface area contributed by atoms with Crippen LogP contribution in [0.15, 0.2) is 73.1 Å². The molecule has 0 unspecified atom stereocenters. The molecule has 0 saturated heterocycles. The molecule has 0 fully saturated rings. The SMILES string of the molecule is N=C(NO)c1cc2c(Nc3ccc(-c4ccccc4)cc3)cncc2s1. The first-order valence-electron chi connectivity index (χ1n) is 8.04. The molecule has 4 aromatic rings. The van der Waals surface area contributed by atoms with Crippen molar-refractivity contribution in [3.63, 3.8) is 0 Å². The second-order valence-corrected chi connectivity index (χ2v) is 6.85. The van der Waals surface area contributed by atoms with E-state index in [1.54, 1.807) is 12.4 Å². The number of amidine groups is 1. The number of hydrogen-bond donors (Lipinski definition) is 4. The van der Waals surface area contributed by atoms with E-state index in [-0.39, 0.29) is 5.84 Å². The Morgan fingerprint density at radius 2 is 1.69 bits per heavy atom. The molecule has 128 valence electrons. The van der Waals surface area contributed by atoms with Crippen molar-refractivity contribution in [2.45, 2.75) is 0 Å². The summed E-state index contributed by atoms with van der Waals surface area (Å²) in [6, 6.07) is 20.3. The van der Waals surface area contributed by atoms with E-state index in [0.29, 0.717) is 4.88 Å². The van der Waals surface area contributed by atoms with Crippen molar-refractivity contribution < 1.29 is 5.21 Å². The number of rotatable bonds is 4. The highest BCUT2D eigenvalue weighted by atomic mass is 32.1. The Kier molecular flexibility index (Phi) is 4.35. The third-order valence-electron chi connectivity index (χ3n) is 4.08. The van der Waals surface area contributed by atoms with Gasteiger partial charge in [0.15, 0.2) is 5.84 Å². The van der Waals surface area contributed by atoms with E-state index in [0.717, 1.165) is 27.0 Å². The molecule has 0 atom stereocenters. The van der Waals surface area contributed by atoms with Crippen LogP contribution in [0, 0.1) is 5.41 Å². The zero-order chi connectivity index (χ0) is 17.9. The molecule has 4 N–H and O–H groups in total. The maximum Gasteiger partial charge on any atom is 0.159 e. The molecular weight excluding hydrogens is 344 g/mol. The Balaban J connectivity index is 1.63. The number of aromatic nitrogens is 1. The van der Waals surface area contributed by atoms with Gasteiger partial charge in [-0.25, -0.2) is 0 Å². The van der Waals surface area contributed by atoms with Crippen LogP contribution in [0.2, 0.25) is 0 Å². The Morgan fingerprint density at radius 1 is 0.962 bits per heavy atom. The minimum atomic E-state index is -0.0237. The van der Waals surface area contributed by atoms with E-state index in [1.165, 1.54) is 16.9 Å². The van der Waals surface area contributed by atoms with Gasteiger partial charge in [0, 0.05) is 17.3 Å². The predicted octanol–water partition coefficient (Wildman–Crippen LogP) is 5.01. The molecule has 2 aromatic carbocycles. The third kappa shape index (κ3) is 3.15. The molecular formula is C20H16N4OS. The highest BCUT2D eigenvalue weighted by Gasteiger charge is 2.10. The van der Waals surface area contributed by atoms with Crippen LogP contribution in [0.25, 0.3) is 21.2 Å². The van der Waals surface area contributed by atoms with Gasteiger partial charge in [0.05, 0.1) is 21.5 Å². The first-order valence-corrected chi connectivity index (χ1v) is 8.85. The zero-order valence-corrected chi connectivity index (χ0v) is 14.5. The van der Waals surface area contributed by atoms with Crippen LogP contribution in [0.1, 0.15) is 4.88 Å². The fourth-order valence-corrected chi connectivity index (χ4v) is 3.72. The van der Waals surface area contributed by atoms with Gasteiger partial charge in [0.2, 0.25) is 0 Å². The molecule has 0 aliphatic heterocycles. The number of pyridine rings is 1. The van der Waals surface area contributed by atoms with Gasteiger partial charge in [-0.1, -0.05) is 42.5 Å². The molecule has 2 heterocycles.